The molecule has 2 heterocycles. The number of nitrogens with one attached hydrogen (secondary N) is 3. The number of rotatable bonds is 6. The summed E-state index contributed by atoms with van der Waals surface area (Å²) < 4.78 is 38.8. The van der Waals surface area contributed by atoms with Gasteiger partial charge in [-0.2, -0.15) is 18.4 Å². The highest BCUT2D eigenvalue weighted by Gasteiger charge is 2.70. The van der Waals surface area contributed by atoms with Gasteiger partial charge in [0.2, 0.25) is 17.7 Å². The Hall–Kier alpha value is -2.84. The summed E-state index contributed by atoms with van der Waals surface area (Å²) in [7, 11) is 0. The molecule has 3 fully saturated rings. The van der Waals surface area contributed by atoms with Crippen LogP contribution in [0.15, 0.2) is 0 Å². The van der Waals surface area contributed by atoms with Crippen molar-refractivity contribution in [1.29, 1.82) is 5.26 Å². The summed E-state index contributed by atoms with van der Waals surface area (Å²) in [6.07, 6.45) is -4.49. The largest absolute Gasteiger partial charge is 0.471 e. The molecule has 0 aromatic carbocycles. The Bertz CT molecular complexity index is 952. The van der Waals surface area contributed by atoms with E-state index in [1.807, 2.05) is 19.9 Å². The number of carbonyl (C=O) groups excluding carboxylic acids is 4. The third-order valence-electron chi connectivity index (χ3n) is 7.56. The Morgan fingerprint density at radius 3 is 2.34 bits per heavy atom. The highest BCUT2D eigenvalue weighted by atomic mass is 19.4. The average Bonchev–Trinajstić information content (AvgIpc) is 3.10. The average molecular weight is 500 g/mol. The van der Waals surface area contributed by atoms with Gasteiger partial charge in [0, 0.05) is 19.0 Å². The van der Waals surface area contributed by atoms with E-state index >= 15 is 0 Å². The number of halogens is 3. The molecule has 3 rings (SSSR count). The minimum atomic E-state index is -5.16. The predicted molar refractivity (Wildman–Crippen MR) is 117 cm³/mol. The van der Waals surface area contributed by atoms with Crippen LogP contribution in [0.3, 0.4) is 0 Å². The minimum absolute atomic E-state index is 0.0396. The highest BCUT2D eigenvalue weighted by molar-refractivity contribution is 5.95. The van der Waals surface area contributed by atoms with E-state index < -0.39 is 53.4 Å². The maximum atomic E-state index is 13.5. The molecule has 3 N–H and O–H groups in total. The van der Waals surface area contributed by atoms with Crippen molar-refractivity contribution in [3.8, 4) is 6.07 Å². The maximum Gasteiger partial charge on any atom is 0.471 e. The van der Waals surface area contributed by atoms with E-state index in [4.69, 9.17) is 0 Å². The van der Waals surface area contributed by atoms with E-state index in [1.54, 1.807) is 5.32 Å². The van der Waals surface area contributed by atoms with E-state index in [9.17, 15) is 37.6 Å². The zero-order valence-electron chi connectivity index (χ0n) is 20.5. The van der Waals surface area contributed by atoms with Gasteiger partial charge >= 0.3 is 12.1 Å². The van der Waals surface area contributed by atoms with Gasteiger partial charge in [-0.15, -0.1) is 0 Å². The van der Waals surface area contributed by atoms with Gasteiger partial charge in [0.05, 0.1) is 6.07 Å². The second-order valence-electron chi connectivity index (χ2n) is 11.4. The summed E-state index contributed by atoms with van der Waals surface area (Å²) in [5.74, 6) is -4.46. The summed E-state index contributed by atoms with van der Waals surface area (Å²) >= 11 is 0. The predicted octanol–water partition coefficient (Wildman–Crippen LogP) is 1.10. The van der Waals surface area contributed by atoms with Crippen molar-refractivity contribution < 1.29 is 32.3 Å². The molecule has 9 nitrogen and oxygen atoms in total. The number of nitrogens with zero attached hydrogens (tertiary/aromatic N) is 2. The number of alkyl halides is 3. The van der Waals surface area contributed by atoms with Crippen LogP contribution in [0, 0.1) is 39.9 Å². The molecule has 1 aliphatic carbocycles. The third-order valence-corrected chi connectivity index (χ3v) is 7.56. The van der Waals surface area contributed by atoms with Gasteiger partial charge in [0.25, 0.3) is 0 Å². The van der Waals surface area contributed by atoms with Crippen molar-refractivity contribution in [2.45, 2.75) is 71.8 Å². The lowest BCUT2D eigenvalue weighted by Crippen LogP contribution is -2.61. The lowest BCUT2D eigenvalue weighted by Gasteiger charge is -2.37. The van der Waals surface area contributed by atoms with Crippen LogP contribution in [-0.2, 0) is 19.2 Å². The first-order chi connectivity index (χ1) is 16.0. The maximum absolute atomic E-state index is 13.5. The van der Waals surface area contributed by atoms with Crippen molar-refractivity contribution in [2.24, 2.45) is 28.6 Å². The van der Waals surface area contributed by atoms with Gasteiger partial charge in [-0.05, 0) is 35.5 Å². The number of amides is 4. The number of carbonyl (C=O) groups is 4. The fraction of sp³-hybridized carbons (Fsp3) is 0.783. The molecule has 0 spiro atoms. The molecule has 0 bridgehead atoms. The topological polar surface area (TPSA) is 131 Å². The monoisotopic (exact) mass is 499 g/mol. The van der Waals surface area contributed by atoms with Gasteiger partial charge in [-0.1, -0.05) is 34.6 Å². The molecule has 3 aliphatic rings. The highest BCUT2D eigenvalue weighted by Crippen LogP contribution is 2.65. The molecular formula is C23H32F3N5O4. The second-order valence-corrected chi connectivity index (χ2v) is 11.4. The summed E-state index contributed by atoms with van der Waals surface area (Å²) in [5.41, 5.74) is -1.33. The van der Waals surface area contributed by atoms with Gasteiger partial charge in [0.15, 0.2) is 0 Å². The molecule has 1 saturated carbocycles. The van der Waals surface area contributed by atoms with Crippen LogP contribution in [-0.4, -0.2) is 65.9 Å². The SMILES string of the molecule is CC(C)(C)[C@H](NC(=O)C(F)(F)F)C(=O)N1C[C@H]2[C@@H]([C@H]1C(=O)N[C@H](C#N)C[C@H]1CCNC1=O)C2(C)C. The standard InChI is InChI=1S/C23H32F3N5O4/c1-21(2,3)16(30-20(35)23(24,25)26)19(34)31-10-13-14(22(13,4)5)15(31)18(33)29-12(9-27)8-11-6-7-28-17(11)32/h11-16H,6-8,10H2,1-5H3,(H,28,32)(H,29,33)(H,30,35)/t11-,12+,13+,14+,15+,16-/m1/s1. The van der Waals surface area contributed by atoms with E-state index in [0.717, 1.165) is 0 Å². The summed E-state index contributed by atoms with van der Waals surface area (Å²) in [6, 6.07) is -1.48. The van der Waals surface area contributed by atoms with Crippen LogP contribution in [0.2, 0.25) is 0 Å². The minimum Gasteiger partial charge on any atom is -0.356 e. The Morgan fingerprint density at radius 2 is 1.86 bits per heavy atom. The molecule has 6 atom stereocenters. The first-order valence-electron chi connectivity index (χ1n) is 11.7. The first kappa shape index (κ1) is 26.8. The Morgan fingerprint density at radius 1 is 1.23 bits per heavy atom. The zero-order chi connectivity index (χ0) is 26.5. The third kappa shape index (κ3) is 5.23. The van der Waals surface area contributed by atoms with Crippen molar-refractivity contribution in [3.05, 3.63) is 0 Å². The normalized spacial score (nSPS) is 28.9. The fourth-order valence-corrected chi connectivity index (χ4v) is 5.40. The van der Waals surface area contributed by atoms with E-state index in [1.165, 1.54) is 25.7 Å². The summed E-state index contributed by atoms with van der Waals surface area (Å²) in [6.45, 7) is 9.13. The van der Waals surface area contributed by atoms with Crippen LogP contribution < -0.4 is 16.0 Å². The summed E-state index contributed by atoms with van der Waals surface area (Å²) in [5, 5.41) is 16.7. The van der Waals surface area contributed by atoms with E-state index in [-0.39, 0.29) is 36.1 Å². The number of nitriles is 1. The molecule has 0 unspecified atom stereocenters. The number of fused-ring (bicyclic) bond motifs is 1. The van der Waals surface area contributed by atoms with E-state index in [0.29, 0.717) is 13.0 Å². The number of hydrogen-bond donors (Lipinski definition) is 3. The van der Waals surface area contributed by atoms with Crippen LogP contribution in [0.4, 0.5) is 13.2 Å². The lowest BCUT2D eigenvalue weighted by atomic mass is 9.85. The lowest BCUT2D eigenvalue weighted by molar-refractivity contribution is -0.176. The summed E-state index contributed by atoms with van der Waals surface area (Å²) in [4.78, 5) is 51.6. The quantitative estimate of drug-likeness (QED) is 0.504. The van der Waals surface area contributed by atoms with Crippen LogP contribution in [0.1, 0.15) is 47.5 Å². The molecule has 0 aromatic rings. The van der Waals surface area contributed by atoms with Crippen molar-refractivity contribution in [2.75, 3.05) is 13.1 Å². The number of likely N-dealkylation sites (tertiary alicyclic amines) is 1. The van der Waals surface area contributed by atoms with E-state index in [2.05, 4.69) is 10.6 Å². The van der Waals surface area contributed by atoms with Gasteiger partial charge in [0.1, 0.15) is 18.1 Å². The van der Waals surface area contributed by atoms with Gasteiger partial charge < -0.3 is 20.9 Å². The Balaban J connectivity index is 1.81. The van der Waals surface area contributed by atoms with Crippen molar-refractivity contribution in [3.63, 3.8) is 0 Å². The van der Waals surface area contributed by atoms with Crippen molar-refractivity contribution >= 4 is 23.6 Å². The molecule has 0 aromatic heterocycles. The molecular weight excluding hydrogens is 467 g/mol. The smallest absolute Gasteiger partial charge is 0.356 e. The fourth-order valence-electron chi connectivity index (χ4n) is 5.40. The Labute approximate surface area is 202 Å². The van der Waals surface area contributed by atoms with Crippen LogP contribution in [0.5, 0.6) is 0 Å². The number of piperidine rings is 1. The van der Waals surface area contributed by atoms with Gasteiger partial charge in [-0.3, -0.25) is 19.2 Å². The molecule has 2 saturated heterocycles. The second kappa shape index (κ2) is 8.99. The van der Waals surface area contributed by atoms with Crippen LogP contribution >= 0.6 is 0 Å². The molecule has 12 heteroatoms. The molecule has 194 valence electrons. The van der Waals surface area contributed by atoms with Crippen molar-refractivity contribution in [1.82, 2.24) is 20.9 Å². The molecule has 2 aliphatic heterocycles. The molecule has 4 amide bonds. The number of hydrogen-bond acceptors (Lipinski definition) is 5. The zero-order valence-corrected chi connectivity index (χ0v) is 20.5. The Kier molecular flexibility index (Phi) is 6.87. The van der Waals surface area contributed by atoms with Gasteiger partial charge in [-0.25, -0.2) is 0 Å². The molecule has 35 heavy (non-hydrogen) atoms. The molecule has 0 radical (unpaired) electrons. The first-order valence-corrected chi connectivity index (χ1v) is 11.7. The van der Waals surface area contributed by atoms with Crippen LogP contribution in [0.25, 0.3) is 0 Å².